The molecule has 0 aromatic heterocycles. The van der Waals surface area contributed by atoms with Crippen LogP contribution < -0.4 is 4.74 Å². The molecule has 1 heterocycles. The van der Waals surface area contributed by atoms with Crippen molar-refractivity contribution in [2.45, 2.75) is 13.5 Å². The van der Waals surface area contributed by atoms with E-state index in [1.807, 2.05) is 25.1 Å². The van der Waals surface area contributed by atoms with E-state index in [4.69, 9.17) is 9.47 Å². The van der Waals surface area contributed by atoms with Gasteiger partial charge in [-0.05, 0) is 48.9 Å². The number of nitrogens with zero attached hydrogens (tertiary/aromatic N) is 2. The summed E-state index contributed by atoms with van der Waals surface area (Å²) in [7, 11) is 0. The minimum Gasteiger partial charge on any atom is -0.488 e. The summed E-state index contributed by atoms with van der Waals surface area (Å²) in [6, 6.07) is 17.1. The second-order valence-corrected chi connectivity index (χ2v) is 7.10. The van der Waals surface area contributed by atoms with Crippen molar-refractivity contribution >= 4 is 23.6 Å². The summed E-state index contributed by atoms with van der Waals surface area (Å²) in [6.07, 6.45) is 1.39. The molecule has 0 N–H and O–H groups in total. The third kappa shape index (κ3) is 4.70. The number of hydrogen-bond acceptors (Lipinski definition) is 6. The monoisotopic (exact) mass is 432 g/mol. The van der Waals surface area contributed by atoms with E-state index in [1.54, 1.807) is 18.2 Å². The van der Waals surface area contributed by atoms with Crippen LogP contribution in [0.25, 0.3) is 6.08 Å². The number of halogens is 1. The fourth-order valence-corrected chi connectivity index (χ4v) is 3.09. The first kappa shape index (κ1) is 20.9. The predicted octanol–water partition coefficient (Wildman–Crippen LogP) is 4.97. The van der Waals surface area contributed by atoms with E-state index in [9.17, 15) is 19.3 Å². The van der Waals surface area contributed by atoms with Crippen LogP contribution >= 0.6 is 0 Å². The minimum atomic E-state index is -0.669. The molecule has 3 aromatic rings. The van der Waals surface area contributed by atoms with Gasteiger partial charge in [-0.15, -0.1) is 0 Å². The van der Waals surface area contributed by atoms with Crippen molar-refractivity contribution in [1.82, 2.24) is 0 Å². The Morgan fingerprint density at radius 1 is 1.12 bits per heavy atom. The maximum Gasteiger partial charge on any atom is 0.363 e. The quantitative estimate of drug-likeness (QED) is 0.237. The zero-order valence-corrected chi connectivity index (χ0v) is 16.9. The van der Waals surface area contributed by atoms with Crippen molar-refractivity contribution in [1.29, 1.82) is 0 Å². The first-order valence-electron chi connectivity index (χ1n) is 9.64. The maximum atomic E-state index is 13.1. The Morgan fingerprint density at radius 2 is 1.91 bits per heavy atom. The topological polar surface area (TPSA) is 91.0 Å². The molecular weight excluding hydrogens is 415 g/mol. The lowest BCUT2D eigenvalue weighted by Crippen LogP contribution is -2.05. The van der Waals surface area contributed by atoms with Crippen LogP contribution in [0.4, 0.5) is 10.1 Å². The lowest BCUT2D eigenvalue weighted by molar-refractivity contribution is -0.384. The summed E-state index contributed by atoms with van der Waals surface area (Å²) in [6.45, 7) is 2.02. The van der Waals surface area contributed by atoms with Gasteiger partial charge in [-0.2, -0.15) is 0 Å². The zero-order valence-electron chi connectivity index (χ0n) is 16.9. The van der Waals surface area contributed by atoms with Gasteiger partial charge >= 0.3 is 5.97 Å². The predicted molar refractivity (Wildman–Crippen MR) is 116 cm³/mol. The molecule has 0 unspecified atom stereocenters. The molecule has 1 aliphatic heterocycles. The number of esters is 1. The first-order valence-corrected chi connectivity index (χ1v) is 9.64. The van der Waals surface area contributed by atoms with Gasteiger partial charge in [0, 0.05) is 23.3 Å². The highest BCUT2D eigenvalue weighted by Crippen LogP contribution is 2.29. The smallest absolute Gasteiger partial charge is 0.363 e. The van der Waals surface area contributed by atoms with E-state index in [0.29, 0.717) is 22.4 Å². The minimum absolute atomic E-state index is 0.00589. The lowest BCUT2D eigenvalue weighted by Gasteiger charge is -2.09. The van der Waals surface area contributed by atoms with Gasteiger partial charge in [0.1, 0.15) is 18.2 Å². The Kier molecular flexibility index (Phi) is 5.76. The van der Waals surface area contributed by atoms with E-state index in [0.717, 1.165) is 5.56 Å². The number of rotatable bonds is 6. The number of nitro groups is 1. The summed E-state index contributed by atoms with van der Waals surface area (Å²) in [5.41, 5.74) is 2.46. The zero-order chi connectivity index (χ0) is 22.7. The fraction of sp³-hybridized carbons (Fsp3) is 0.0833. The van der Waals surface area contributed by atoms with Gasteiger partial charge in [0.05, 0.1) is 4.92 Å². The van der Waals surface area contributed by atoms with Gasteiger partial charge in [0.2, 0.25) is 5.90 Å². The van der Waals surface area contributed by atoms with Crippen molar-refractivity contribution in [2.75, 3.05) is 0 Å². The Hall–Kier alpha value is -4.33. The van der Waals surface area contributed by atoms with Crippen molar-refractivity contribution in [2.24, 2.45) is 4.99 Å². The van der Waals surface area contributed by atoms with E-state index in [-0.39, 0.29) is 29.7 Å². The third-order valence-corrected chi connectivity index (χ3v) is 4.69. The van der Waals surface area contributed by atoms with Crippen molar-refractivity contribution in [3.63, 3.8) is 0 Å². The molecule has 0 amide bonds. The molecule has 0 fully saturated rings. The number of ether oxygens (including phenoxy) is 2. The number of cyclic esters (lactones) is 1. The number of nitro benzene ring substituents is 1. The highest BCUT2D eigenvalue weighted by atomic mass is 19.1. The number of non-ortho nitro benzene ring substituents is 1. The van der Waals surface area contributed by atoms with Gasteiger partial charge in [-0.25, -0.2) is 14.2 Å². The fourth-order valence-electron chi connectivity index (χ4n) is 3.09. The largest absolute Gasteiger partial charge is 0.488 e. The van der Waals surface area contributed by atoms with E-state index >= 15 is 0 Å². The third-order valence-electron chi connectivity index (χ3n) is 4.69. The summed E-state index contributed by atoms with van der Waals surface area (Å²) < 4.78 is 24.2. The average Bonchev–Trinajstić information content (AvgIpc) is 3.14. The molecule has 0 saturated heterocycles. The van der Waals surface area contributed by atoms with Crippen molar-refractivity contribution in [3.8, 4) is 5.75 Å². The van der Waals surface area contributed by atoms with Crippen LogP contribution in [0.15, 0.2) is 77.4 Å². The Bertz CT molecular complexity index is 1270. The molecule has 32 heavy (non-hydrogen) atoms. The molecule has 7 nitrogen and oxygen atoms in total. The maximum absolute atomic E-state index is 13.1. The van der Waals surface area contributed by atoms with Crippen LogP contribution in [0.5, 0.6) is 5.75 Å². The van der Waals surface area contributed by atoms with E-state index < -0.39 is 10.9 Å². The van der Waals surface area contributed by atoms with Crippen LogP contribution in [0.2, 0.25) is 0 Å². The molecule has 0 aliphatic carbocycles. The van der Waals surface area contributed by atoms with Gasteiger partial charge in [0.25, 0.3) is 5.69 Å². The Balaban J connectivity index is 1.66. The number of aliphatic imine (C=N–C) groups is 1. The summed E-state index contributed by atoms with van der Waals surface area (Å²) in [5.74, 6) is -0.572. The summed E-state index contributed by atoms with van der Waals surface area (Å²) in [4.78, 5) is 27.3. The van der Waals surface area contributed by atoms with Crippen LogP contribution in [0, 0.1) is 22.9 Å². The van der Waals surface area contributed by atoms with Crippen molar-refractivity contribution in [3.05, 3.63) is 111 Å². The highest BCUT2D eigenvalue weighted by molar-refractivity contribution is 6.13. The van der Waals surface area contributed by atoms with Crippen LogP contribution in [0.3, 0.4) is 0 Å². The van der Waals surface area contributed by atoms with E-state index in [1.165, 1.54) is 36.4 Å². The van der Waals surface area contributed by atoms with Gasteiger partial charge in [-0.1, -0.05) is 29.8 Å². The van der Waals surface area contributed by atoms with Crippen LogP contribution in [0.1, 0.15) is 22.3 Å². The molecule has 0 saturated carbocycles. The molecule has 160 valence electrons. The SMILES string of the molecule is Cc1cccc(C2=N/C(=C/c3cc([N+](=O)[O-])ccc3OCc3ccc(F)cc3)C(=O)O2)c1. The second kappa shape index (κ2) is 8.81. The van der Waals surface area contributed by atoms with Crippen molar-refractivity contribution < 1.29 is 23.6 Å². The number of hydrogen-bond donors (Lipinski definition) is 0. The Morgan fingerprint density at radius 3 is 2.62 bits per heavy atom. The molecular formula is C24H17FN2O5. The second-order valence-electron chi connectivity index (χ2n) is 7.10. The molecule has 0 spiro atoms. The molecule has 0 radical (unpaired) electrons. The molecule has 8 heteroatoms. The number of carbonyl (C=O) groups excluding carboxylic acids is 1. The van der Waals surface area contributed by atoms with Gasteiger partial charge in [-0.3, -0.25) is 10.1 Å². The molecule has 1 aliphatic rings. The Labute approximate surface area is 182 Å². The number of carbonyl (C=O) groups is 1. The lowest BCUT2D eigenvalue weighted by atomic mass is 10.1. The molecule has 4 rings (SSSR count). The summed E-state index contributed by atoms with van der Waals surface area (Å²) in [5, 5.41) is 11.2. The summed E-state index contributed by atoms with van der Waals surface area (Å²) >= 11 is 0. The number of benzene rings is 3. The normalized spacial score (nSPS) is 14.2. The van der Waals surface area contributed by atoms with Gasteiger partial charge < -0.3 is 9.47 Å². The molecule has 3 aromatic carbocycles. The average molecular weight is 432 g/mol. The van der Waals surface area contributed by atoms with Crippen LogP contribution in [-0.4, -0.2) is 16.8 Å². The number of aryl methyl sites for hydroxylation is 1. The standard InChI is InChI=1S/C24H17FN2O5/c1-15-3-2-4-17(11-15)23-26-21(24(28)32-23)13-18-12-20(27(29)30)9-10-22(18)31-14-16-5-7-19(25)8-6-16/h2-13H,14H2,1H3/b21-13+. The molecule has 0 bridgehead atoms. The highest BCUT2D eigenvalue weighted by Gasteiger charge is 2.25. The van der Waals surface area contributed by atoms with Crippen LogP contribution in [-0.2, 0) is 16.1 Å². The van der Waals surface area contributed by atoms with E-state index in [2.05, 4.69) is 4.99 Å². The van der Waals surface area contributed by atoms with Gasteiger partial charge in [0.15, 0.2) is 5.70 Å². The first-order chi connectivity index (χ1) is 15.4. The molecule has 0 atom stereocenters.